The summed E-state index contributed by atoms with van der Waals surface area (Å²) in [6, 6.07) is 15.8. The summed E-state index contributed by atoms with van der Waals surface area (Å²) in [5.41, 5.74) is 4.71. The molecule has 0 amide bonds. The highest BCUT2D eigenvalue weighted by Gasteiger charge is 2.16. The first-order valence-corrected chi connectivity index (χ1v) is 11.2. The van der Waals surface area contributed by atoms with E-state index in [1.807, 2.05) is 55.5 Å². The molecule has 0 radical (unpaired) electrons. The molecule has 0 unspecified atom stereocenters. The first-order valence-electron chi connectivity index (χ1n) is 11.2. The van der Waals surface area contributed by atoms with Crippen molar-refractivity contribution in [1.29, 1.82) is 0 Å². The summed E-state index contributed by atoms with van der Waals surface area (Å²) in [6.45, 7) is 4.19. The standard InChI is InChI=1S/C25H26N6O3/c1-3-6-22-26-16(2)19(13-14-23(32)33)25(34)31(22)15-17-9-11-18(12-10-17)20-7-4-5-8-21(20)24-27-29-30-28-24/h4-5,7-12H,3,6,13-15H2,1-2H3,(H,32,33)(H,27,28,29,30). The van der Waals surface area contributed by atoms with E-state index in [0.29, 0.717) is 30.0 Å². The molecule has 9 heteroatoms. The average molecular weight is 459 g/mol. The van der Waals surface area contributed by atoms with Crippen molar-refractivity contribution in [3.63, 3.8) is 0 Å². The number of H-pyrrole nitrogens is 1. The van der Waals surface area contributed by atoms with Gasteiger partial charge in [-0.15, -0.1) is 10.2 Å². The number of nitrogens with zero attached hydrogens (tertiary/aromatic N) is 5. The summed E-state index contributed by atoms with van der Waals surface area (Å²) in [6.07, 6.45) is 1.60. The zero-order valence-corrected chi connectivity index (χ0v) is 19.2. The van der Waals surface area contributed by atoms with Gasteiger partial charge in [0.25, 0.3) is 5.56 Å². The minimum Gasteiger partial charge on any atom is -0.481 e. The molecule has 2 N–H and O–H groups in total. The summed E-state index contributed by atoms with van der Waals surface area (Å²) in [5, 5.41) is 23.4. The Bertz CT molecular complexity index is 1340. The molecule has 0 spiro atoms. The van der Waals surface area contributed by atoms with Crippen molar-refractivity contribution in [1.82, 2.24) is 30.2 Å². The van der Waals surface area contributed by atoms with Gasteiger partial charge in [0.1, 0.15) is 5.82 Å². The van der Waals surface area contributed by atoms with Gasteiger partial charge in [-0.2, -0.15) is 5.21 Å². The molecule has 2 aromatic heterocycles. The van der Waals surface area contributed by atoms with Crippen LogP contribution in [-0.4, -0.2) is 41.3 Å². The summed E-state index contributed by atoms with van der Waals surface area (Å²) in [7, 11) is 0. The number of carbonyl (C=O) groups is 1. The summed E-state index contributed by atoms with van der Waals surface area (Å²) in [4.78, 5) is 29.0. The number of aromatic amines is 1. The molecular formula is C25H26N6O3. The van der Waals surface area contributed by atoms with Crippen LogP contribution in [0.15, 0.2) is 53.3 Å². The van der Waals surface area contributed by atoms with Gasteiger partial charge in [0, 0.05) is 29.7 Å². The molecule has 2 heterocycles. The smallest absolute Gasteiger partial charge is 0.303 e. The Morgan fingerprint density at radius 1 is 1.06 bits per heavy atom. The first kappa shape index (κ1) is 23.0. The lowest BCUT2D eigenvalue weighted by Crippen LogP contribution is -2.30. The fraction of sp³-hybridized carbons (Fsp3) is 0.280. The molecule has 34 heavy (non-hydrogen) atoms. The van der Waals surface area contributed by atoms with Crippen LogP contribution in [0.4, 0.5) is 0 Å². The Labute approximate surface area is 196 Å². The predicted molar refractivity (Wildman–Crippen MR) is 127 cm³/mol. The van der Waals surface area contributed by atoms with Gasteiger partial charge in [0.05, 0.1) is 6.54 Å². The fourth-order valence-corrected chi connectivity index (χ4v) is 4.03. The molecule has 0 bridgehead atoms. The van der Waals surface area contributed by atoms with Crippen LogP contribution in [0, 0.1) is 6.92 Å². The summed E-state index contributed by atoms with van der Waals surface area (Å²) in [5.74, 6) is 0.310. The number of aliphatic carboxylic acids is 1. The van der Waals surface area contributed by atoms with Crippen LogP contribution in [0.3, 0.4) is 0 Å². The Kier molecular flexibility index (Phi) is 6.91. The highest BCUT2D eigenvalue weighted by atomic mass is 16.4. The largest absolute Gasteiger partial charge is 0.481 e. The van der Waals surface area contributed by atoms with E-state index in [-0.39, 0.29) is 18.4 Å². The zero-order chi connectivity index (χ0) is 24.1. The van der Waals surface area contributed by atoms with E-state index < -0.39 is 5.97 Å². The van der Waals surface area contributed by atoms with Gasteiger partial charge in [-0.05, 0) is 41.7 Å². The van der Waals surface area contributed by atoms with Crippen molar-refractivity contribution in [2.45, 2.75) is 46.1 Å². The molecular weight excluding hydrogens is 432 g/mol. The van der Waals surface area contributed by atoms with Crippen LogP contribution in [0.25, 0.3) is 22.5 Å². The van der Waals surface area contributed by atoms with E-state index >= 15 is 0 Å². The Hall–Kier alpha value is -4.14. The second kappa shape index (κ2) is 10.2. The maximum atomic E-state index is 13.3. The number of carboxylic acid groups (broad SMARTS) is 1. The monoisotopic (exact) mass is 458 g/mol. The van der Waals surface area contributed by atoms with Crippen molar-refractivity contribution in [2.75, 3.05) is 0 Å². The Morgan fingerprint density at radius 2 is 1.79 bits per heavy atom. The molecule has 174 valence electrons. The van der Waals surface area contributed by atoms with E-state index in [9.17, 15) is 9.59 Å². The average Bonchev–Trinajstić information content (AvgIpc) is 3.37. The van der Waals surface area contributed by atoms with E-state index in [0.717, 1.165) is 34.5 Å². The third kappa shape index (κ3) is 4.93. The van der Waals surface area contributed by atoms with Crippen molar-refractivity contribution in [2.24, 2.45) is 0 Å². The van der Waals surface area contributed by atoms with Gasteiger partial charge in [0.2, 0.25) is 5.82 Å². The molecule has 9 nitrogen and oxygen atoms in total. The number of hydrogen-bond donors (Lipinski definition) is 2. The molecule has 0 aliphatic heterocycles. The van der Waals surface area contributed by atoms with Gasteiger partial charge in [-0.25, -0.2) is 4.98 Å². The number of hydrogen-bond acceptors (Lipinski definition) is 6. The van der Waals surface area contributed by atoms with Gasteiger partial charge in [0.15, 0.2) is 0 Å². The maximum absolute atomic E-state index is 13.3. The number of aromatic nitrogens is 6. The number of nitrogens with one attached hydrogen (secondary N) is 1. The van der Waals surface area contributed by atoms with Gasteiger partial charge in [-0.3, -0.25) is 14.2 Å². The van der Waals surface area contributed by atoms with Crippen molar-refractivity contribution < 1.29 is 9.90 Å². The van der Waals surface area contributed by atoms with Crippen molar-refractivity contribution in [3.05, 3.63) is 81.5 Å². The van der Waals surface area contributed by atoms with E-state index in [1.54, 1.807) is 11.5 Å². The van der Waals surface area contributed by atoms with Crippen LogP contribution >= 0.6 is 0 Å². The third-order valence-electron chi connectivity index (χ3n) is 5.73. The van der Waals surface area contributed by atoms with Gasteiger partial charge >= 0.3 is 5.97 Å². The lowest BCUT2D eigenvalue weighted by atomic mass is 9.98. The molecule has 4 rings (SSSR count). The molecule has 2 aromatic carbocycles. The lowest BCUT2D eigenvalue weighted by molar-refractivity contribution is -0.136. The number of rotatable bonds is 9. The van der Waals surface area contributed by atoms with Crippen molar-refractivity contribution in [3.8, 4) is 22.5 Å². The second-order valence-electron chi connectivity index (χ2n) is 8.10. The highest BCUT2D eigenvalue weighted by molar-refractivity contribution is 5.80. The first-order chi connectivity index (χ1) is 16.5. The fourth-order valence-electron chi connectivity index (χ4n) is 4.03. The third-order valence-corrected chi connectivity index (χ3v) is 5.73. The van der Waals surface area contributed by atoms with Gasteiger partial charge in [-0.1, -0.05) is 55.5 Å². The maximum Gasteiger partial charge on any atom is 0.303 e. The van der Waals surface area contributed by atoms with Crippen LogP contribution in [0.2, 0.25) is 0 Å². The lowest BCUT2D eigenvalue weighted by Gasteiger charge is -2.16. The minimum absolute atomic E-state index is 0.0978. The molecule has 0 saturated heterocycles. The summed E-state index contributed by atoms with van der Waals surface area (Å²) >= 11 is 0. The Morgan fingerprint density at radius 3 is 2.44 bits per heavy atom. The number of benzene rings is 2. The minimum atomic E-state index is -0.931. The van der Waals surface area contributed by atoms with E-state index in [2.05, 4.69) is 25.6 Å². The molecule has 0 aliphatic rings. The number of aryl methyl sites for hydroxylation is 2. The number of carboxylic acids is 1. The molecule has 0 atom stereocenters. The molecule has 0 fully saturated rings. The topological polar surface area (TPSA) is 127 Å². The highest BCUT2D eigenvalue weighted by Crippen LogP contribution is 2.29. The SMILES string of the molecule is CCCc1nc(C)c(CCC(=O)O)c(=O)n1Cc1ccc(-c2ccccc2-c2nn[nH]n2)cc1. The predicted octanol–water partition coefficient (Wildman–Crippen LogP) is 3.42. The quantitative estimate of drug-likeness (QED) is 0.393. The molecule has 0 saturated carbocycles. The van der Waals surface area contributed by atoms with E-state index in [4.69, 9.17) is 5.11 Å². The van der Waals surface area contributed by atoms with Crippen LogP contribution in [0.5, 0.6) is 0 Å². The number of tetrazole rings is 1. The normalized spacial score (nSPS) is 11.0. The van der Waals surface area contributed by atoms with E-state index in [1.165, 1.54) is 0 Å². The molecule has 4 aromatic rings. The van der Waals surface area contributed by atoms with Gasteiger partial charge < -0.3 is 5.11 Å². The molecule has 0 aliphatic carbocycles. The Balaban J connectivity index is 1.66. The zero-order valence-electron chi connectivity index (χ0n) is 19.2. The van der Waals surface area contributed by atoms with Crippen LogP contribution < -0.4 is 5.56 Å². The second-order valence-corrected chi connectivity index (χ2v) is 8.10. The van der Waals surface area contributed by atoms with Crippen LogP contribution in [0.1, 0.15) is 42.4 Å². The van der Waals surface area contributed by atoms with Crippen molar-refractivity contribution >= 4 is 5.97 Å². The summed E-state index contributed by atoms with van der Waals surface area (Å²) < 4.78 is 1.68. The van der Waals surface area contributed by atoms with Crippen LogP contribution in [-0.2, 0) is 24.2 Å².